The van der Waals surface area contributed by atoms with E-state index in [1.54, 1.807) is 32.4 Å². The summed E-state index contributed by atoms with van der Waals surface area (Å²) in [7, 11) is 3.30. The van der Waals surface area contributed by atoms with Crippen molar-refractivity contribution >= 4 is 5.91 Å². The van der Waals surface area contributed by atoms with Crippen LogP contribution in [0.2, 0.25) is 0 Å². The van der Waals surface area contributed by atoms with Crippen molar-refractivity contribution in [2.24, 2.45) is 0 Å². The number of rotatable bonds is 9. The van der Waals surface area contributed by atoms with Crippen molar-refractivity contribution in [1.82, 2.24) is 10.2 Å². The first-order chi connectivity index (χ1) is 15.5. The molecule has 0 radical (unpaired) electrons. The number of halogens is 1. The maximum absolute atomic E-state index is 13.7. The minimum Gasteiger partial charge on any atom is -0.383 e. The molecule has 4 atom stereocenters. The van der Waals surface area contributed by atoms with Gasteiger partial charge in [-0.3, -0.25) is 4.79 Å². The van der Waals surface area contributed by atoms with Crippen LogP contribution in [-0.2, 0) is 19.0 Å². The Morgan fingerprint density at radius 1 is 1.28 bits per heavy atom. The molecule has 0 spiro atoms. The number of hydrogen-bond acceptors (Lipinski definition) is 5. The van der Waals surface area contributed by atoms with Gasteiger partial charge in [-0.2, -0.15) is 0 Å². The summed E-state index contributed by atoms with van der Waals surface area (Å²) in [6, 6.07) is 5.87. The Labute approximate surface area is 189 Å². The predicted molar refractivity (Wildman–Crippen MR) is 122 cm³/mol. The Kier molecular flexibility index (Phi) is 8.75. The van der Waals surface area contributed by atoms with Crippen LogP contribution in [0.3, 0.4) is 0 Å². The lowest BCUT2D eigenvalue weighted by Gasteiger charge is -2.42. The van der Waals surface area contributed by atoms with Gasteiger partial charge < -0.3 is 24.4 Å². The summed E-state index contributed by atoms with van der Waals surface area (Å²) in [4.78, 5) is 15.5. The molecule has 1 fully saturated rings. The summed E-state index contributed by atoms with van der Waals surface area (Å²) >= 11 is 0. The second kappa shape index (κ2) is 11.5. The second-order valence-electron chi connectivity index (χ2n) is 8.01. The van der Waals surface area contributed by atoms with Crippen LogP contribution in [-0.4, -0.2) is 69.6 Å². The summed E-state index contributed by atoms with van der Waals surface area (Å²) in [5, 5.41) is 3.42. The third kappa shape index (κ3) is 5.35. The predicted octanol–water partition coefficient (Wildman–Crippen LogP) is 3.18. The SMILES string of the molecule is C=CC1=C(C=C)[C@H](c2ccc(F)cc2)N(C(=O)[C@H]2C[C@H](NCCOC)[C@@H](OC)CO2)CC1. The van der Waals surface area contributed by atoms with Crippen molar-refractivity contribution in [1.29, 1.82) is 0 Å². The van der Waals surface area contributed by atoms with Gasteiger partial charge in [0.2, 0.25) is 0 Å². The van der Waals surface area contributed by atoms with E-state index in [9.17, 15) is 9.18 Å². The molecule has 2 aliphatic heterocycles. The van der Waals surface area contributed by atoms with Crippen molar-refractivity contribution < 1.29 is 23.4 Å². The van der Waals surface area contributed by atoms with Crippen molar-refractivity contribution in [2.45, 2.75) is 37.1 Å². The molecule has 1 saturated heterocycles. The average Bonchev–Trinajstić information content (AvgIpc) is 2.83. The Morgan fingerprint density at radius 2 is 2.03 bits per heavy atom. The number of nitrogens with one attached hydrogen (secondary N) is 1. The fourth-order valence-electron chi connectivity index (χ4n) is 4.49. The van der Waals surface area contributed by atoms with Crippen LogP contribution in [0.4, 0.5) is 4.39 Å². The van der Waals surface area contributed by atoms with Crippen molar-refractivity contribution in [3.05, 3.63) is 72.1 Å². The number of amides is 1. The number of ether oxygens (including phenoxy) is 3. The standard InChI is InChI=1S/C25H33FN2O4/c1-5-17-11-13-28(24(20(17)6-2)18-7-9-19(26)10-8-18)25(29)22-15-21(27-12-14-30-3)23(31-4)16-32-22/h5-10,21-24,27H,1-2,11-16H2,3-4H3/t21-,22+,23-,24-/m0/s1. The number of carbonyl (C=O) groups excluding carboxylic acids is 1. The van der Waals surface area contributed by atoms with E-state index in [1.165, 1.54) is 12.1 Å². The molecular weight excluding hydrogens is 411 g/mol. The van der Waals surface area contributed by atoms with E-state index in [1.807, 2.05) is 11.0 Å². The highest BCUT2D eigenvalue weighted by atomic mass is 19.1. The number of hydrogen-bond donors (Lipinski definition) is 1. The van der Waals surface area contributed by atoms with Crippen molar-refractivity contribution in [2.75, 3.05) is 40.5 Å². The number of carbonyl (C=O) groups is 1. The van der Waals surface area contributed by atoms with Crippen LogP contribution in [0.15, 0.2) is 60.7 Å². The molecule has 174 valence electrons. The molecule has 1 amide bonds. The van der Waals surface area contributed by atoms with Crippen LogP contribution in [0, 0.1) is 5.82 Å². The second-order valence-corrected chi connectivity index (χ2v) is 8.01. The maximum Gasteiger partial charge on any atom is 0.252 e. The summed E-state index contributed by atoms with van der Waals surface area (Å²) < 4.78 is 30.2. The Balaban J connectivity index is 1.86. The van der Waals surface area contributed by atoms with Gasteiger partial charge in [0.1, 0.15) is 11.9 Å². The average molecular weight is 445 g/mol. The fraction of sp³-hybridized carbons (Fsp3) is 0.480. The van der Waals surface area contributed by atoms with E-state index in [0.29, 0.717) is 39.1 Å². The monoisotopic (exact) mass is 444 g/mol. The van der Waals surface area contributed by atoms with Gasteiger partial charge in [-0.15, -0.1) is 0 Å². The molecule has 0 unspecified atom stereocenters. The van der Waals surface area contributed by atoms with Gasteiger partial charge >= 0.3 is 0 Å². The third-order valence-electron chi connectivity index (χ3n) is 6.20. The fourth-order valence-corrected chi connectivity index (χ4v) is 4.49. The van der Waals surface area contributed by atoms with Crippen molar-refractivity contribution in [3.63, 3.8) is 0 Å². The highest BCUT2D eigenvalue weighted by Gasteiger charge is 2.40. The van der Waals surface area contributed by atoms with Gasteiger partial charge in [-0.1, -0.05) is 37.4 Å². The van der Waals surface area contributed by atoms with Gasteiger partial charge in [0.25, 0.3) is 5.91 Å². The largest absolute Gasteiger partial charge is 0.383 e. The van der Waals surface area contributed by atoms with Crippen LogP contribution in [0.1, 0.15) is 24.4 Å². The van der Waals surface area contributed by atoms with E-state index in [0.717, 1.165) is 16.7 Å². The molecule has 1 aromatic carbocycles. The highest BCUT2D eigenvalue weighted by Crippen LogP contribution is 2.38. The quantitative estimate of drug-likeness (QED) is 0.593. The Hall–Kier alpha value is -2.32. The molecule has 2 aliphatic rings. The van der Waals surface area contributed by atoms with Crippen LogP contribution in [0.25, 0.3) is 0 Å². The number of benzene rings is 1. The normalized spacial score (nSPS) is 26.2. The van der Waals surface area contributed by atoms with Crippen LogP contribution >= 0.6 is 0 Å². The van der Waals surface area contributed by atoms with Crippen molar-refractivity contribution in [3.8, 4) is 0 Å². The topological polar surface area (TPSA) is 60.0 Å². The van der Waals surface area contributed by atoms with E-state index < -0.39 is 6.10 Å². The first-order valence-corrected chi connectivity index (χ1v) is 10.9. The lowest BCUT2D eigenvalue weighted by Crippen LogP contribution is -2.55. The lowest BCUT2D eigenvalue weighted by molar-refractivity contribution is -0.157. The lowest BCUT2D eigenvalue weighted by atomic mass is 9.87. The molecule has 0 saturated carbocycles. The highest BCUT2D eigenvalue weighted by molar-refractivity contribution is 5.82. The molecular formula is C25H33FN2O4. The summed E-state index contributed by atoms with van der Waals surface area (Å²) in [6.45, 7) is 9.98. The molecule has 7 heteroatoms. The van der Waals surface area contributed by atoms with Crippen LogP contribution < -0.4 is 5.32 Å². The van der Waals surface area contributed by atoms with Gasteiger partial charge in [-0.25, -0.2) is 4.39 Å². The summed E-state index contributed by atoms with van der Waals surface area (Å²) in [5.41, 5.74) is 2.78. The number of allylic oxidation sites excluding steroid dienone is 1. The molecule has 1 aromatic rings. The third-order valence-corrected chi connectivity index (χ3v) is 6.20. The molecule has 32 heavy (non-hydrogen) atoms. The van der Waals surface area contributed by atoms with E-state index in [4.69, 9.17) is 14.2 Å². The van der Waals surface area contributed by atoms with Gasteiger partial charge in [0.05, 0.1) is 25.4 Å². The number of methoxy groups -OCH3 is 2. The van der Waals surface area contributed by atoms with E-state index in [-0.39, 0.29) is 29.9 Å². The van der Waals surface area contributed by atoms with Crippen LogP contribution in [0.5, 0.6) is 0 Å². The van der Waals surface area contributed by atoms with Gasteiger partial charge in [0.15, 0.2) is 0 Å². The molecule has 0 bridgehead atoms. The molecule has 3 rings (SSSR count). The molecule has 1 N–H and O–H groups in total. The summed E-state index contributed by atoms with van der Waals surface area (Å²) in [6.07, 6.45) is 4.02. The van der Waals surface area contributed by atoms with Gasteiger partial charge in [-0.05, 0) is 35.3 Å². The molecule has 6 nitrogen and oxygen atoms in total. The Bertz CT molecular complexity index is 839. The molecule has 0 aliphatic carbocycles. The minimum atomic E-state index is -0.597. The first kappa shape index (κ1) is 24.3. The van der Waals surface area contributed by atoms with E-state index >= 15 is 0 Å². The molecule has 0 aromatic heterocycles. The maximum atomic E-state index is 13.7. The molecule has 2 heterocycles. The zero-order valence-electron chi connectivity index (χ0n) is 18.9. The van der Waals surface area contributed by atoms with Gasteiger partial charge in [0, 0.05) is 39.8 Å². The minimum absolute atomic E-state index is 0.0231. The van der Waals surface area contributed by atoms with E-state index in [2.05, 4.69) is 18.5 Å². The zero-order valence-corrected chi connectivity index (χ0v) is 18.9. The first-order valence-electron chi connectivity index (χ1n) is 10.9. The zero-order chi connectivity index (χ0) is 23.1. The smallest absolute Gasteiger partial charge is 0.252 e. The number of nitrogens with zero attached hydrogens (tertiary/aromatic N) is 1. The summed E-state index contributed by atoms with van der Waals surface area (Å²) in [5.74, 6) is -0.406. The Morgan fingerprint density at radius 3 is 2.66 bits per heavy atom.